The van der Waals surface area contributed by atoms with Crippen LogP contribution in [0.15, 0.2) is 41.4 Å². The molecule has 0 bridgehead atoms. The number of nitrogens with one attached hydrogen (secondary N) is 2. The zero-order valence-electron chi connectivity index (χ0n) is 16.9. The van der Waals surface area contributed by atoms with Crippen LogP contribution < -0.4 is 15.5 Å². The van der Waals surface area contributed by atoms with E-state index >= 15 is 0 Å². The number of thioether (sulfide) groups is 1. The highest BCUT2D eigenvalue weighted by Gasteiger charge is 2.11. The minimum Gasteiger partial charge on any atom is -0.370 e. The van der Waals surface area contributed by atoms with Gasteiger partial charge < -0.3 is 15.5 Å². The van der Waals surface area contributed by atoms with Crippen molar-refractivity contribution in [2.45, 2.75) is 32.9 Å². The maximum atomic E-state index is 4.37. The fourth-order valence-corrected chi connectivity index (χ4v) is 5.13. The van der Waals surface area contributed by atoms with Gasteiger partial charge in [-0.1, -0.05) is 12.1 Å². The summed E-state index contributed by atoms with van der Waals surface area (Å²) >= 11 is 3.91. The van der Waals surface area contributed by atoms with E-state index in [-0.39, 0.29) is 24.0 Å². The highest BCUT2D eigenvalue weighted by molar-refractivity contribution is 14.0. The van der Waals surface area contributed by atoms with E-state index in [1.165, 1.54) is 32.5 Å². The minimum absolute atomic E-state index is 0. The normalized spacial score (nSPS) is 15.7. The molecular formula is C21H31IN4S2. The highest BCUT2D eigenvalue weighted by atomic mass is 127. The van der Waals surface area contributed by atoms with E-state index in [2.05, 4.69) is 70.8 Å². The molecule has 1 fully saturated rings. The van der Waals surface area contributed by atoms with Crippen molar-refractivity contribution in [3.8, 4) is 0 Å². The average molecular weight is 531 g/mol. The van der Waals surface area contributed by atoms with Crippen LogP contribution in [0.1, 0.15) is 22.2 Å². The first-order valence-corrected chi connectivity index (χ1v) is 11.6. The summed E-state index contributed by atoms with van der Waals surface area (Å²) in [5.41, 5.74) is 2.61. The molecule has 1 unspecified atom stereocenters. The van der Waals surface area contributed by atoms with Crippen LogP contribution in [0.2, 0.25) is 0 Å². The maximum Gasteiger partial charge on any atom is 0.191 e. The fourth-order valence-electron chi connectivity index (χ4n) is 3.21. The molecule has 7 heteroatoms. The molecule has 1 atom stereocenters. The number of nitrogens with zero attached hydrogens (tertiary/aromatic N) is 2. The van der Waals surface area contributed by atoms with Crippen LogP contribution in [0.3, 0.4) is 0 Å². The highest BCUT2D eigenvalue weighted by Crippen LogP contribution is 2.20. The maximum absolute atomic E-state index is 4.37. The molecule has 1 saturated heterocycles. The number of anilines is 1. The van der Waals surface area contributed by atoms with Crippen molar-refractivity contribution >= 4 is 58.7 Å². The summed E-state index contributed by atoms with van der Waals surface area (Å²) in [4.78, 5) is 9.62. The number of guanidine groups is 1. The Labute approximate surface area is 194 Å². The van der Waals surface area contributed by atoms with Gasteiger partial charge in [-0.15, -0.1) is 35.3 Å². The molecule has 1 aliphatic rings. The Kier molecular flexibility index (Phi) is 9.94. The zero-order valence-corrected chi connectivity index (χ0v) is 20.9. The number of hydrogen-bond acceptors (Lipinski definition) is 4. The molecule has 3 rings (SSSR count). The molecule has 0 radical (unpaired) electrons. The minimum atomic E-state index is 0. The molecule has 4 nitrogen and oxygen atoms in total. The van der Waals surface area contributed by atoms with E-state index in [1.54, 1.807) is 0 Å². The molecule has 154 valence electrons. The van der Waals surface area contributed by atoms with Crippen molar-refractivity contribution in [1.82, 2.24) is 10.6 Å². The van der Waals surface area contributed by atoms with Crippen molar-refractivity contribution in [3.63, 3.8) is 0 Å². The van der Waals surface area contributed by atoms with Crippen molar-refractivity contribution < 1.29 is 0 Å². The molecule has 2 aromatic rings. The predicted octanol–water partition coefficient (Wildman–Crippen LogP) is 4.52. The van der Waals surface area contributed by atoms with Crippen LogP contribution in [-0.2, 0) is 13.0 Å². The Hall–Kier alpha value is -0.930. The van der Waals surface area contributed by atoms with Gasteiger partial charge in [0, 0.05) is 66.1 Å². The summed E-state index contributed by atoms with van der Waals surface area (Å²) in [6.07, 6.45) is 1.02. The molecule has 1 aliphatic heterocycles. The Bertz CT molecular complexity index is 739. The smallest absolute Gasteiger partial charge is 0.191 e. The Morgan fingerprint density at radius 1 is 1.14 bits per heavy atom. The number of aliphatic imine (C=N–C) groups is 1. The second-order valence-corrected chi connectivity index (χ2v) is 9.55. The summed E-state index contributed by atoms with van der Waals surface area (Å²) in [5, 5.41) is 6.92. The van der Waals surface area contributed by atoms with Crippen molar-refractivity contribution in [2.24, 2.45) is 4.99 Å². The number of aryl methyl sites for hydroxylation is 1. The van der Waals surface area contributed by atoms with Gasteiger partial charge in [-0.2, -0.15) is 11.8 Å². The summed E-state index contributed by atoms with van der Waals surface area (Å²) < 4.78 is 0. The van der Waals surface area contributed by atoms with E-state index in [4.69, 9.17) is 0 Å². The Morgan fingerprint density at radius 2 is 1.86 bits per heavy atom. The van der Waals surface area contributed by atoms with E-state index in [0.717, 1.165) is 32.0 Å². The molecule has 0 aliphatic carbocycles. The molecule has 28 heavy (non-hydrogen) atoms. The number of benzene rings is 1. The first kappa shape index (κ1) is 23.3. The van der Waals surface area contributed by atoms with Gasteiger partial charge >= 0.3 is 0 Å². The van der Waals surface area contributed by atoms with E-state index in [0.29, 0.717) is 6.04 Å². The largest absolute Gasteiger partial charge is 0.370 e. The van der Waals surface area contributed by atoms with Gasteiger partial charge in [-0.25, -0.2) is 0 Å². The van der Waals surface area contributed by atoms with Crippen LogP contribution in [0.25, 0.3) is 0 Å². The Morgan fingerprint density at radius 3 is 2.46 bits per heavy atom. The van der Waals surface area contributed by atoms with E-state index in [9.17, 15) is 0 Å². The van der Waals surface area contributed by atoms with Gasteiger partial charge in [0.05, 0.1) is 0 Å². The van der Waals surface area contributed by atoms with Crippen LogP contribution in [0.5, 0.6) is 0 Å². The number of thiophene rings is 1. The van der Waals surface area contributed by atoms with Crippen LogP contribution in [0, 0.1) is 6.92 Å². The Balaban J connectivity index is 0.00000280. The summed E-state index contributed by atoms with van der Waals surface area (Å²) in [6, 6.07) is 13.7. The third kappa shape index (κ3) is 7.15. The molecular weight excluding hydrogens is 499 g/mol. The lowest BCUT2D eigenvalue weighted by Gasteiger charge is -2.28. The molecule has 2 heterocycles. The average Bonchev–Trinajstić information content (AvgIpc) is 3.10. The molecule has 0 amide bonds. The summed E-state index contributed by atoms with van der Waals surface area (Å²) in [6.45, 7) is 7.44. The molecule has 1 aromatic heterocycles. The van der Waals surface area contributed by atoms with Gasteiger partial charge in [0.2, 0.25) is 0 Å². The van der Waals surface area contributed by atoms with Crippen LogP contribution >= 0.6 is 47.1 Å². The van der Waals surface area contributed by atoms with Gasteiger partial charge in [-0.3, -0.25) is 4.99 Å². The lowest BCUT2D eigenvalue weighted by Crippen LogP contribution is -2.42. The van der Waals surface area contributed by atoms with E-state index < -0.39 is 0 Å². The quantitative estimate of drug-likeness (QED) is 0.327. The summed E-state index contributed by atoms with van der Waals surface area (Å²) in [5.74, 6) is 3.32. The standard InChI is InChI=1S/C21H30N4S2.HI/c1-16(14-20-9-4-17(2)27-20)24-21(22-3)23-15-18-5-7-19(8-6-18)25-10-12-26-13-11-25;/h4-9,16H,10-15H2,1-3H3,(H2,22,23,24);1H. The topological polar surface area (TPSA) is 39.7 Å². The first-order chi connectivity index (χ1) is 13.1. The van der Waals surface area contributed by atoms with Crippen molar-refractivity contribution in [2.75, 3.05) is 36.5 Å². The first-order valence-electron chi connectivity index (χ1n) is 9.58. The zero-order chi connectivity index (χ0) is 19.1. The molecule has 0 saturated carbocycles. The molecule has 2 N–H and O–H groups in total. The lowest BCUT2D eigenvalue weighted by atomic mass is 10.2. The van der Waals surface area contributed by atoms with Crippen molar-refractivity contribution in [1.29, 1.82) is 0 Å². The number of halogens is 1. The molecule has 1 aromatic carbocycles. The van der Waals surface area contributed by atoms with Gasteiger partial charge in [0.1, 0.15) is 0 Å². The van der Waals surface area contributed by atoms with Crippen LogP contribution in [-0.4, -0.2) is 43.6 Å². The van der Waals surface area contributed by atoms with Gasteiger partial charge in [0.25, 0.3) is 0 Å². The van der Waals surface area contributed by atoms with Crippen molar-refractivity contribution in [3.05, 3.63) is 51.7 Å². The second-order valence-electron chi connectivity index (χ2n) is 6.95. The third-order valence-corrected chi connectivity index (χ3v) is 6.65. The van der Waals surface area contributed by atoms with E-state index in [1.807, 2.05) is 30.1 Å². The SMILES string of the molecule is CN=C(NCc1ccc(N2CCSCC2)cc1)NC(C)Cc1ccc(C)s1.I. The van der Waals surface area contributed by atoms with Gasteiger partial charge in [0.15, 0.2) is 5.96 Å². The van der Waals surface area contributed by atoms with Crippen LogP contribution in [0.4, 0.5) is 5.69 Å². The second kappa shape index (κ2) is 11.9. The fraction of sp³-hybridized carbons (Fsp3) is 0.476. The summed E-state index contributed by atoms with van der Waals surface area (Å²) in [7, 11) is 1.83. The number of hydrogen-bond donors (Lipinski definition) is 2. The predicted molar refractivity (Wildman–Crippen MR) is 137 cm³/mol. The van der Waals surface area contributed by atoms with Gasteiger partial charge in [-0.05, 0) is 43.7 Å². The number of rotatable bonds is 6. The monoisotopic (exact) mass is 530 g/mol. The lowest BCUT2D eigenvalue weighted by molar-refractivity contribution is 0.645. The molecule has 0 spiro atoms. The third-order valence-electron chi connectivity index (χ3n) is 4.68.